The SMILES string of the molecule is Cc1nc2c(cc1C(=O)O)CCCN2.Cl. The van der Waals surface area contributed by atoms with Crippen molar-refractivity contribution >= 4 is 24.2 Å². The standard InChI is InChI=1S/C10H12N2O2.ClH/c1-6-8(10(13)14)5-7-3-2-4-11-9(7)12-6;/h5H,2-4H2,1H3,(H,11,12)(H,13,14);1H. The fraction of sp³-hybridized carbons (Fsp3) is 0.400. The minimum Gasteiger partial charge on any atom is -0.478 e. The number of fused-ring (bicyclic) bond motifs is 1. The monoisotopic (exact) mass is 228 g/mol. The van der Waals surface area contributed by atoms with Gasteiger partial charge in [0.05, 0.1) is 11.3 Å². The molecule has 82 valence electrons. The van der Waals surface area contributed by atoms with Gasteiger partial charge in [-0.3, -0.25) is 0 Å². The van der Waals surface area contributed by atoms with E-state index in [1.165, 1.54) is 0 Å². The second-order valence-corrected chi connectivity index (χ2v) is 3.46. The van der Waals surface area contributed by atoms with Crippen LogP contribution in [-0.4, -0.2) is 22.6 Å². The van der Waals surface area contributed by atoms with Crippen LogP contribution in [0.4, 0.5) is 5.82 Å². The fourth-order valence-electron chi connectivity index (χ4n) is 1.69. The lowest BCUT2D eigenvalue weighted by Crippen LogP contribution is -2.15. The molecular formula is C10H13ClN2O2. The topological polar surface area (TPSA) is 62.2 Å². The number of carbonyl (C=O) groups is 1. The van der Waals surface area contributed by atoms with Crippen LogP contribution in [0.5, 0.6) is 0 Å². The third-order valence-corrected chi connectivity index (χ3v) is 2.44. The zero-order chi connectivity index (χ0) is 10.1. The number of hydrogen-bond acceptors (Lipinski definition) is 3. The van der Waals surface area contributed by atoms with Crippen molar-refractivity contribution in [3.05, 3.63) is 22.9 Å². The van der Waals surface area contributed by atoms with Crippen LogP contribution in [0.25, 0.3) is 0 Å². The first-order valence-corrected chi connectivity index (χ1v) is 4.66. The van der Waals surface area contributed by atoms with Crippen LogP contribution in [0.2, 0.25) is 0 Å². The second kappa shape index (κ2) is 4.49. The van der Waals surface area contributed by atoms with E-state index in [9.17, 15) is 4.79 Å². The molecule has 1 aromatic heterocycles. The molecule has 5 heteroatoms. The third-order valence-electron chi connectivity index (χ3n) is 2.44. The maximum atomic E-state index is 10.8. The highest BCUT2D eigenvalue weighted by Crippen LogP contribution is 2.22. The second-order valence-electron chi connectivity index (χ2n) is 3.46. The summed E-state index contributed by atoms with van der Waals surface area (Å²) in [4.78, 5) is 15.1. The van der Waals surface area contributed by atoms with Crippen molar-refractivity contribution in [3.63, 3.8) is 0 Å². The Labute approximate surface area is 94.1 Å². The van der Waals surface area contributed by atoms with Gasteiger partial charge >= 0.3 is 5.97 Å². The molecule has 0 saturated carbocycles. The zero-order valence-electron chi connectivity index (χ0n) is 8.41. The number of pyridine rings is 1. The Kier molecular flexibility index (Phi) is 3.52. The van der Waals surface area contributed by atoms with Gasteiger partial charge in [-0.15, -0.1) is 12.4 Å². The Hall–Kier alpha value is -1.29. The van der Waals surface area contributed by atoms with E-state index >= 15 is 0 Å². The summed E-state index contributed by atoms with van der Waals surface area (Å²) in [6.07, 6.45) is 1.95. The van der Waals surface area contributed by atoms with E-state index in [-0.39, 0.29) is 12.4 Å². The number of halogens is 1. The molecule has 0 bridgehead atoms. The highest BCUT2D eigenvalue weighted by atomic mass is 35.5. The van der Waals surface area contributed by atoms with E-state index in [4.69, 9.17) is 5.11 Å². The largest absolute Gasteiger partial charge is 0.478 e. The number of rotatable bonds is 1. The van der Waals surface area contributed by atoms with Gasteiger partial charge in [0.15, 0.2) is 0 Å². The molecular weight excluding hydrogens is 216 g/mol. The van der Waals surface area contributed by atoms with Crippen LogP contribution in [0.1, 0.15) is 28.0 Å². The smallest absolute Gasteiger partial charge is 0.337 e. The Morgan fingerprint density at radius 3 is 3.00 bits per heavy atom. The van der Waals surface area contributed by atoms with Crippen molar-refractivity contribution in [2.24, 2.45) is 0 Å². The van der Waals surface area contributed by atoms with Gasteiger partial charge in [-0.2, -0.15) is 0 Å². The first-order valence-electron chi connectivity index (χ1n) is 4.66. The Balaban J connectivity index is 0.00000112. The van der Waals surface area contributed by atoms with Crippen LogP contribution in [0.15, 0.2) is 6.07 Å². The van der Waals surface area contributed by atoms with Gasteiger partial charge in [-0.1, -0.05) is 0 Å². The molecule has 2 N–H and O–H groups in total. The molecule has 0 aliphatic carbocycles. The van der Waals surface area contributed by atoms with E-state index in [0.717, 1.165) is 30.8 Å². The maximum absolute atomic E-state index is 10.8. The number of aromatic carboxylic acids is 1. The van der Waals surface area contributed by atoms with Crippen molar-refractivity contribution in [1.82, 2.24) is 4.98 Å². The summed E-state index contributed by atoms with van der Waals surface area (Å²) >= 11 is 0. The average molecular weight is 229 g/mol. The van der Waals surface area contributed by atoms with E-state index in [1.54, 1.807) is 13.0 Å². The predicted octanol–water partition coefficient (Wildman–Crippen LogP) is 1.87. The molecule has 1 aromatic rings. The van der Waals surface area contributed by atoms with E-state index < -0.39 is 5.97 Å². The number of aryl methyl sites for hydroxylation is 2. The zero-order valence-corrected chi connectivity index (χ0v) is 9.23. The van der Waals surface area contributed by atoms with Crippen molar-refractivity contribution in [3.8, 4) is 0 Å². The first-order chi connectivity index (χ1) is 6.68. The molecule has 4 nitrogen and oxygen atoms in total. The lowest BCUT2D eigenvalue weighted by molar-refractivity contribution is 0.0695. The molecule has 0 fully saturated rings. The van der Waals surface area contributed by atoms with Gasteiger partial charge in [0.25, 0.3) is 0 Å². The summed E-state index contributed by atoms with van der Waals surface area (Å²) in [5.74, 6) is -0.0536. The third kappa shape index (κ3) is 2.21. The molecule has 0 amide bonds. The number of nitrogens with one attached hydrogen (secondary N) is 1. The number of aromatic nitrogens is 1. The highest BCUT2D eigenvalue weighted by Gasteiger charge is 2.15. The number of carboxylic acids is 1. The molecule has 2 rings (SSSR count). The Bertz CT molecular complexity index is 393. The van der Waals surface area contributed by atoms with E-state index in [2.05, 4.69) is 10.3 Å². The molecule has 0 saturated heterocycles. The molecule has 2 heterocycles. The van der Waals surface area contributed by atoms with E-state index in [0.29, 0.717) is 11.3 Å². The molecule has 0 atom stereocenters. The quantitative estimate of drug-likeness (QED) is 0.770. The van der Waals surface area contributed by atoms with Gasteiger partial charge in [0, 0.05) is 6.54 Å². The predicted molar refractivity (Wildman–Crippen MR) is 60.0 cm³/mol. The van der Waals surface area contributed by atoms with Crippen LogP contribution in [0, 0.1) is 6.92 Å². The van der Waals surface area contributed by atoms with Gasteiger partial charge in [0.1, 0.15) is 5.82 Å². The van der Waals surface area contributed by atoms with Crippen molar-refractivity contribution in [1.29, 1.82) is 0 Å². The lowest BCUT2D eigenvalue weighted by atomic mass is 10.0. The summed E-state index contributed by atoms with van der Waals surface area (Å²) in [6, 6.07) is 1.73. The molecule has 0 unspecified atom stereocenters. The minimum atomic E-state index is -0.900. The highest BCUT2D eigenvalue weighted by molar-refractivity contribution is 5.89. The number of carboxylic acid groups (broad SMARTS) is 1. The Morgan fingerprint density at radius 1 is 1.60 bits per heavy atom. The number of hydrogen-bond donors (Lipinski definition) is 2. The fourth-order valence-corrected chi connectivity index (χ4v) is 1.69. The summed E-state index contributed by atoms with van der Waals surface area (Å²) < 4.78 is 0. The average Bonchev–Trinajstić information content (AvgIpc) is 2.16. The molecule has 15 heavy (non-hydrogen) atoms. The normalized spacial score (nSPS) is 13.4. The molecule has 0 aromatic carbocycles. The summed E-state index contributed by atoms with van der Waals surface area (Å²) in [5.41, 5.74) is 1.90. The van der Waals surface area contributed by atoms with Crippen molar-refractivity contribution in [2.45, 2.75) is 19.8 Å². The van der Waals surface area contributed by atoms with Crippen molar-refractivity contribution in [2.75, 3.05) is 11.9 Å². The first kappa shape index (κ1) is 11.8. The summed E-state index contributed by atoms with van der Waals surface area (Å²) in [5, 5.41) is 12.1. The van der Waals surface area contributed by atoms with Gasteiger partial charge < -0.3 is 10.4 Å². The van der Waals surface area contributed by atoms with Crippen LogP contribution < -0.4 is 5.32 Å². The Morgan fingerprint density at radius 2 is 2.33 bits per heavy atom. The van der Waals surface area contributed by atoms with Gasteiger partial charge in [0.2, 0.25) is 0 Å². The molecule has 1 aliphatic rings. The van der Waals surface area contributed by atoms with Gasteiger partial charge in [-0.25, -0.2) is 9.78 Å². The molecule has 0 spiro atoms. The van der Waals surface area contributed by atoms with Gasteiger partial charge in [-0.05, 0) is 31.4 Å². The van der Waals surface area contributed by atoms with Crippen molar-refractivity contribution < 1.29 is 9.90 Å². The lowest BCUT2D eigenvalue weighted by Gasteiger charge is -2.17. The minimum absolute atomic E-state index is 0. The van der Waals surface area contributed by atoms with Crippen LogP contribution in [0.3, 0.4) is 0 Å². The summed E-state index contributed by atoms with van der Waals surface area (Å²) in [7, 11) is 0. The number of anilines is 1. The van der Waals surface area contributed by atoms with Crippen LogP contribution in [-0.2, 0) is 6.42 Å². The van der Waals surface area contributed by atoms with Crippen LogP contribution >= 0.6 is 12.4 Å². The van der Waals surface area contributed by atoms with E-state index in [1.807, 2.05) is 0 Å². The molecule has 0 radical (unpaired) electrons. The molecule has 1 aliphatic heterocycles. The summed E-state index contributed by atoms with van der Waals surface area (Å²) in [6.45, 7) is 2.64. The number of nitrogens with zero attached hydrogens (tertiary/aromatic N) is 1. The maximum Gasteiger partial charge on any atom is 0.337 e.